The Morgan fingerprint density at radius 1 is 1.19 bits per heavy atom. The molecule has 0 spiro atoms. The molecule has 0 aliphatic heterocycles. The van der Waals surface area contributed by atoms with Crippen molar-refractivity contribution >= 4 is 28.2 Å². The van der Waals surface area contributed by atoms with Crippen molar-refractivity contribution in [3.05, 3.63) is 40.3 Å². The van der Waals surface area contributed by atoms with Crippen LogP contribution < -0.4 is 5.32 Å². The summed E-state index contributed by atoms with van der Waals surface area (Å²) >= 11 is 1.16. The number of benzene rings is 1. The lowest BCUT2D eigenvalue weighted by molar-refractivity contribution is 0.0698. The number of aromatic hydroxyl groups is 2. The maximum Gasteiger partial charge on any atom is 0.338 e. The molecule has 0 aliphatic carbocycles. The van der Waals surface area contributed by atoms with E-state index in [1.165, 1.54) is 18.2 Å². The number of hydrogen-bond acceptors (Lipinski definition) is 5. The Morgan fingerprint density at radius 2 is 1.90 bits per heavy atom. The van der Waals surface area contributed by atoms with Gasteiger partial charge in [0.2, 0.25) is 0 Å². The van der Waals surface area contributed by atoms with Crippen molar-refractivity contribution in [2.75, 3.05) is 5.32 Å². The van der Waals surface area contributed by atoms with Crippen molar-refractivity contribution in [3.8, 4) is 11.5 Å². The monoisotopic (exact) mass is 307 g/mol. The van der Waals surface area contributed by atoms with E-state index in [-0.39, 0.29) is 27.6 Å². The second kappa shape index (κ2) is 5.84. The topological polar surface area (TPSA) is 107 Å². The highest BCUT2D eigenvalue weighted by Crippen LogP contribution is 2.30. The number of phenolic OH excluding ortho intramolecular Hbond substituents is 2. The number of anilines is 1. The van der Waals surface area contributed by atoms with Crippen molar-refractivity contribution in [3.63, 3.8) is 0 Å². The summed E-state index contributed by atoms with van der Waals surface area (Å²) < 4.78 is 0. The maximum absolute atomic E-state index is 12.1. The van der Waals surface area contributed by atoms with E-state index in [2.05, 4.69) is 5.32 Å². The number of aryl methyl sites for hydroxylation is 1. The molecule has 21 heavy (non-hydrogen) atoms. The first-order chi connectivity index (χ1) is 9.92. The second-order valence-electron chi connectivity index (χ2n) is 4.27. The van der Waals surface area contributed by atoms with Gasteiger partial charge in [-0.1, -0.05) is 6.92 Å². The van der Waals surface area contributed by atoms with Gasteiger partial charge in [0.15, 0.2) is 0 Å². The molecule has 0 bridgehead atoms. The summed E-state index contributed by atoms with van der Waals surface area (Å²) in [6.45, 7) is 1.88. The Balaban J connectivity index is 2.33. The van der Waals surface area contributed by atoms with Gasteiger partial charge in [0.25, 0.3) is 5.91 Å². The molecule has 1 aromatic heterocycles. The highest BCUT2D eigenvalue weighted by Gasteiger charge is 2.19. The number of thiophene rings is 1. The van der Waals surface area contributed by atoms with Crippen molar-refractivity contribution in [2.24, 2.45) is 0 Å². The fraction of sp³-hybridized carbons (Fsp3) is 0.143. The highest BCUT2D eigenvalue weighted by molar-refractivity contribution is 7.16. The summed E-state index contributed by atoms with van der Waals surface area (Å²) in [6, 6.07) is 5.05. The third-order valence-corrected chi connectivity index (χ3v) is 4.01. The smallest absolute Gasteiger partial charge is 0.338 e. The molecule has 7 heteroatoms. The molecule has 0 saturated carbocycles. The first-order valence-electron chi connectivity index (χ1n) is 6.11. The van der Waals surface area contributed by atoms with Gasteiger partial charge in [-0.15, -0.1) is 11.3 Å². The number of rotatable bonds is 4. The molecule has 1 aromatic carbocycles. The third-order valence-electron chi connectivity index (χ3n) is 2.81. The molecule has 0 fully saturated rings. The number of nitrogens with one attached hydrogen (secondary N) is 1. The molecule has 2 aromatic rings. The van der Waals surface area contributed by atoms with Crippen LogP contribution in [-0.2, 0) is 6.42 Å². The Hall–Kier alpha value is -2.54. The van der Waals surface area contributed by atoms with Gasteiger partial charge < -0.3 is 20.6 Å². The van der Waals surface area contributed by atoms with E-state index in [1.54, 1.807) is 0 Å². The molecular weight excluding hydrogens is 294 g/mol. The molecule has 6 nitrogen and oxygen atoms in total. The molecule has 0 radical (unpaired) electrons. The molecule has 0 atom stereocenters. The van der Waals surface area contributed by atoms with E-state index in [0.29, 0.717) is 6.42 Å². The molecule has 4 N–H and O–H groups in total. The number of carbonyl (C=O) groups is 2. The van der Waals surface area contributed by atoms with E-state index >= 15 is 0 Å². The number of hydrogen-bond donors (Lipinski definition) is 4. The van der Waals surface area contributed by atoms with Crippen LogP contribution in [-0.4, -0.2) is 27.2 Å². The maximum atomic E-state index is 12.1. The minimum absolute atomic E-state index is 0.00448. The minimum atomic E-state index is -1.14. The highest BCUT2D eigenvalue weighted by atomic mass is 32.1. The van der Waals surface area contributed by atoms with E-state index in [4.69, 9.17) is 5.11 Å². The molecule has 2 rings (SSSR count). The van der Waals surface area contributed by atoms with Gasteiger partial charge >= 0.3 is 5.97 Å². The van der Waals surface area contributed by atoms with Crippen molar-refractivity contribution in [2.45, 2.75) is 13.3 Å². The van der Waals surface area contributed by atoms with E-state index in [9.17, 15) is 19.8 Å². The van der Waals surface area contributed by atoms with E-state index in [0.717, 1.165) is 22.3 Å². The quantitative estimate of drug-likeness (QED) is 0.650. The summed E-state index contributed by atoms with van der Waals surface area (Å²) in [4.78, 5) is 24.1. The zero-order valence-electron chi connectivity index (χ0n) is 11.1. The summed E-state index contributed by atoms with van der Waals surface area (Å²) in [6.07, 6.45) is 0.651. The first-order valence-corrected chi connectivity index (χ1v) is 6.93. The van der Waals surface area contributed by atoms with Crippen LogP contribution >= 0.6 is 11.3 Å². The van der Waals surface area contributed by atoms with Crippen LogP contribution in [0.4, 0.5) is 5.00 Å². The average molecular weight is 307 g/mol. The number of carboxylic acids is 1. The van der Waals surface area contributed by atoms with Crippen molar-refractivity contribution in [1.82, 2.24) is 0 Å². The molecular formula is C14H13NO5S. The number of carbonyl (C=O) groups excluding carboxylic acids is 1. The Labute approximate surface area is 124 Å². The van der Waals surface area contributed by atoms with Crippen LogP contribution in [0.2, 0.25) is 0 Å². The van der Waals surface area contributed by atoms with Gasteiger partial charge in [0.05, 0.1) is 11.1 Å². The van der Waals surface area contributed by atoms with Gasteiger partial charge in [-0.05, 0) is 30.7 Å². The largest absolute Gasteiger partial charge is 0.508 e. The Morgan fingerprint density at radius 3 is 2.52 bits per heavy atom. The van der Waals surface area contributed by atoms with Gasteiger partial charge in [-0.2, -0.15) is 0 Å². The van der Waals surface area contributed by atoms with E-state index < -0.39 is 11.9 Å². The summed E-state index contributed by atoms with van der Waals surface area (Å²) in [5.74, 6) is -2.29. The third kappa shape index (κ3) is 3.14. The van der Waals surface area contributed by atoms with Crippen LogP contribution in [0.25, 0.3) is 0 Å². The van der Waals surface area contributed by atoms with Crippen LogP contribution in [0.15, 0.2) is 24.3 Å². The lowest BCUT2D eigenvalue weighted by Gasteiger charge is -2.06. The van der Waals surface area contributed by atoms with Gasteiger partial charge in [-0.3, -0.25) is 4.79 Å². The number of carboxylic acid groups (broad SMARTS) is 1. The Kier molecular flexibility index (Phi) is 4.13. The lowest BCUT2D eigenvalue weighted by atomic mass is 10.1. The molecule has 0 saturated heterocycles. The van der Waals surface area contributed by atoms with Gasteiger partial charge in [0.1, 0.15) is 16.5 Å². The minimum Gasteiger partial charge on any atom is -0.508 e. The van der Waals surface area contributed by atoms with Gasteiger partial charge in [0, 0.05) is 4.88 Å². The van der Waals surface area contributed by atoms with E-state index in [1.807, 2.05) is 6.92 Å². The summed E-state index contributed by atoms with van der Waals surface area (Å²) in [5.41, 5.74) is -0.123. The molecule has 1 amide bonds. The number of aromatic carboxylic acids is 1. The van der Waals surface area contributed by atoms with Crippen LogP contribution in [0, 0.1) is 0 Å². The molecule has 110 valence electrons. The first kappa shape index (κ1) is 14.9. The van der Waals surface area contributed by atoms with Crippen LogP contribution in [0.1, 0.15) is 32.5 Å². The summed E-state index contributed by atoms with van der Waals surface area (Å²) in [7, 11) is 0. The Bertz CT molecular complexity index is 707. The fourth-order valence-corrected chi connectivity index (χ4v) is 2.73. The van der Waals surface area contributed by atoms with Gasteiger partial charge in [-0.25, -0.2) is 4.79 Å². The summed E-state index contributed by atoms with van der Waals surface area (Å²) in [5, 5.41) is 30.8. The van der Waals surface area contributed by atoms with Crippen molar-refractivity contribution in [1.29, 1.82) is 0 Å². The predicted molar refractivity (Wildman–Crippen MR) is 78.4 cm³/mol. The second-order valence-corrected chi connectivity index (χ2v) is 5.41. The lowest BCUT2D eigenvalue weighted by Crippen LogP contribution is -2.13. The van der Waals surface area contributed by atoms with Crippen LogP contribution in [0.3, 0.4) is 0 Å². The zero-order valence-corrected chi connectivity index (χ0v) is 11.9. The van der Waals surface area contributed by atoms with Crippen molar-refractivity contribution < 1.29 is 24.9 Å². The zero-order chi connectivity index (χ0) is 15.6. The van der Waals surface area contributed by atoms with Crippen LogP contribution in [0.5, 0.6) is 11.5 Å². The standard InChI is InChI=1S/C14H13NO5S/c1-2-8-6-10(14(19)20)13(21-8)15-12(18)9-5-7(16)3-4-11(9)17/h3-6,16-17H,2H2,1H3,(H,15,18)(H,19,20). The molecule has 1 heterocycles. The SMILES string of the molecule is CCc1cc(C(=O)O)c(NC(=O)c2cc(O)ccc2O)s1. The predicted octanol–water partition coefficient (Wildman–Crippen LogP) is 2.67. The fourth-order valence-electron chi connectivity index (χ4n) is 1.74. The molecule has 0 aliphatic rings. The average Bonchev–Trinajstić information content (AvgIpc) is 2.84. The normalized spacial score (nSPS) is 10.3. The number of amides is 1. The molecule has 0 unspecified atom stereocenters. The number of phenols is 2.